The largest absolute Gasteiger partial charge is 0.395 e. The maximum Gasteiger partial charge on any atom is 0.317 e. The first kappa shape index (κ1) is 17.8. The first-order valence-corrected chi connectivity index (χ1v) is 8.55. The molecule has 1 aliphatic heterocycles. The zero-order valence-electron chi connectivity index (χ0n) is 14.1. The Morgan fingerprint density at radius 3 is 2.65 bits per heavy atom. The highest BCUT2D eigenvalue weighted by molar-refractivity contribution is 5.74. The minimum Gasteiger partial charge on any atom is -0.395 e. The minimum atomic E-state index is -0.0872. The van der Waals surface area contributed by atoms with Gasteiger partial charge in [-0.2, -0.15) is 0 Å². The summed E-state index contributed by atoms with van der Waals surface area (Å²) in [5, 5.41) is 12.2. The van der Waals surface area contributed by atoms with Crippen molar-refractivity contribution in [3.05, 3.63) is 35.9 Å². The lowest BCUT2D eigenvalue weighted by atomic mass is 9.94. The van der Waals surface area contributed by atoms with Gasteiger partial charge in [-0.3, -0.25) is 0 Å². The fourth-order valence-electron chi connectivity index (χ4n) is 3.02. The smallest absolute Gasteiger partial charge is 0.317 e. The van der Waals surface area contributed by atoms with Crippen LogP contribution in [0.4, 0.5) is 4.79 Å². The summed E-state index contributed by atoms with van der Waals surface area (Å²) in [5.41, 5.74) is 1.08. The molecule has 5 heteroatoms. The molecule has 2 amide bonds. The summed E-state index contributed by atoms with van der Waals surface area (Å²) < 4.78 is 0. The van der Waals surface area contributed by atoms with E-state index in [0.717, 1.165) is 25.1 Å². The first-order chi connectivity index (χ1) is 11.2. The lowest BCUT2D eigenvalue weighted by Gasteiger charge is -2.29. The van der Waals surface area contributed by atoms with Crippen molar-refractivity contribution in [3.8, 4) is 0 Å². The number of carbonyl (C=O) groups excluding carboxylic acids is 1. The molecule has 0 atom stereocenters. The Balaban J connectivity index is 1.74. The Hall–Kier alpha value is -1.59. The predicted octanol–water partition coefficient (Wildman–Crippen LogP) is 1.92. The van der Waals surface area contributed by atoms with Crippen LogP contribution in [0.25, 0.3) is 0 Å². The molecule has 1 aromatic rings. The van der Waals surface area contributed by atoms with Gasteiger partial charge in [0.1, 0.15) is 0 Å². The van der Waals surface area contributed by atoms with Crippen LogP contribution in [-0.4, -0.2) is 60.8 Å². The maximum absolute atomic E-state index is 12.3. The average molecular weight is 319 g/mol. The van der Waals surface area contributed by atoms with E-state index in [1.165, 1.54) is 12.8 Å². The number of aliphatic hydroxyl groups excluding tert-OH is 1. The van der Waals surface area contributed by atoms with E-state index in [4.69, 9.17) is 0 Å². The molecule has 0 aromatic heterocycles. The van der Waals surface area contributed by atoms with Gasteiger partial charge in [0.15, 0.2) is 0 Å². The molecule has 1 fully saturated rings. The number of nitrogens with zero attached hydrogens (tertiary/aromatic N) is 2. The van der Waals surface area contributed by atoms with Crippen LogP contribution < -0.4 is 5.32 Å². The highest BCUT2D eigenvalue weighted by atomic mass is 16.3. The number of hydrogen-bond donors (Lipinski definition) is 2. The highest BCUT2D eigenvalue weighted by Crippen LogP contribution is 2.18. The second-order valence-electron chi connectivity index (χ2n) is 6.40. The third-order valence-corrected chi connectivity index (χ3v) is 4.54. The Bertz CT molecular complexity index is 459. The normalized spacial score (nSPS) is 16.3. The van der Waals surface area contributed by atoms with Gasteiger partial charge in [0.05, 0.1) is 6.61 Å². The van der Waals surface area contributed by atoms with Crippen molar-refractivity contribution in [1.29, 1.82) is 0 Å². The molecule has 1 aromatic carbocycles. The number of aliphatic hydroxyl groups is 1. The summed E-state index contributed by atoms with van der Waals surface area (Å²) in [4.78, 5) is 16.4. The van der Waals surface area contributed by atoms with Gasteiger partial charge in [-0.05, 0) is 50.9 Å². The van der Waals surface area contributed by atoms with E-state index in [0.29, 0.717) is 25.6 Å². The minimum absolute atomic E-state index is 0.0186. The summed E-state index contributed by atoms with van der Waals surface area (Å²) >= 11 is 0. The van der Waals surface area contributed by atoms with Crippen molar-refractivity contribution in [1.82, 2.24) is 15.1 Å². The lowest BCUT2D eigenvalue weighted by molar-refractivity contribution is 0.171. The number of nitrogens with one attached hydrogen (secondary N) is 1. The highest BCUT2D eigenvalue weighted by Gasteiger charge is 2.17. The number of piperidine rings is 1. The van der Waals surface area contributed by atoms with Gasteiger partial charge in [0, 0.05) is 19.6 Å². The predicted molar refractivity (Wildman–Crippen MR) is 92.2 cm³/mol. The SMILES string of the molecule is CN1CCC(CCNC(=O)N(CCO)Cc2ccccc2)CC1. The Labute approximate surface area is 139 Å². The summed E-state index contributed by atoms with van der Waals surface area (Å²) in [7, 11) is 2.16. The topological polar surface area (TPSA) is 55.8 Å². The molecule has 128 valence electrons. The van der Waals surface area contributed by atoms with Crippen LogP contribution in [0.5, 0.6) is 0 Å². The summed E-state index contributed by atoms with van der Waals surface area (Å²) in [5.74, 6) is 0.715. The molecule has 2 N–H and O–H groups in total. The molecular formula is C18H29N3O2. The second-order valence-corrected chi connectivity index (χ2v) is 6.40. The number of benzene rings is 1. The molecule has 0 unspecified atom stereocenters. The standard InChI is InChI=1S/C18H29N3O2/c1-20-11-8-16(9-12-20)7-10-19-18(23)21(13-14-22)15-17-5-3-2-4-6-17/h2-6,16,22H,7-15H2,1H3,(H,19,23). The van der Waals surface area contributed by atoms with Gasteiger partial charge in [0.25, 0.3) is 0 Å². The van der Waals surface area contributed by atoms with Crippen molar-refractivity contribution in [2.45, 2.75) is 25.8 Å². The maximum atomic E-state index is 12.3. The van der Waals surface area contributed by atoms with Crippen LogP contribution in [0, 0.1) is 5.92 Å². The Morgan fingerprint density at radius 2 is 2.00 bits per heavy atom. The number of likely N-dealkylation sites (tertiary alicyclic amines) is 1. The van der Waals surface area contributed by atoms with E-state index in [-0.39, 0.29) is 12.6 Å². The molecular weight excluding hydrogens is 290 g/mol. The molecule has 0 bridgehead atoms. The molecule has 5 nitrogen and oxygen atoms in total. The molecule has 2 rings (SSSR count). The van der Waals surface area contributed by atoms with Gasteiger partial charge in [-0.15, -0.1) is 0 Å². The van der Waals surface area contributed by atoms with Crippen LogP contribution in [-0.2, 0) is 6.54 Å². The molecule has 0 spiro atoms. The van der Waals surface area contributed by atoms with E-state index < -0.39 is 0 Å². The van der Waals surface area contributed by atoms with Crippen LogP contribution in [0.15, 0.2) is 30.3 Å². The van der Waals surface area contributed by atoms with Crippen LogP contribution in [0.2, 0.25) is 0 Å². The number of rotatable bonds is 7. The number of carbonyl (C=O) groups is 1. The molecule has 1 saturated heterocycles. The molecule has 0 radical (unpaired) electrons. The summed E-state index contributed by atoms with van der Waals surface area (Å²) in [6, 6.07) is 9.79. The van der Waals surface area contributed by atoms with E-state index in [2.05, 4.69) is 17.3 Å². The van der Waals surface area contributed by atoms with E-state index in [1.807, 2.05) is 30.3 Å². The lowest BCUT2D eigenvalue weighted by Crippen LogP contribution is -2.42. The second kappa shape index (κ2) is 9.53. The monoisotopic (exact) mass is 319 g/mol. The van der Waals surface area contributed by atoms with Crippen LogP contribution in [0.3, 0.4) is 0 Å². The average Bonchev–Trinajstić information content (AvgIpc) is 2.57. The van der Waals surface area contributed by atoms with Gasteiger partial charge in [-0.25, -0.2) is 4.79 Å². The van der Waals surface area contributed by atoms with Crippen LogP contribution in [0.1, 0.15) is 24.8 Å². The molecule has 0 aliphatic carbocycles. The van der Waals surface area contributed by atoms with E-state index >= 15 is 0 Å². The number of hydrogen-bond acceptors (Lipinski definition) is 3. The zero-order chi connectivity index (χ0) is 16.5. The molecule has 23 heavy (non-hydrogen) atoms. The summed E-state index contributed by atoms with van der Waals surface area (Å²) in [6.07, 6.45) is 3.48. The fourth-order valence-corrected chi connectivity index (χ4v) is 3.02. The van der Waals surface area contributed by atoms with Crippen molar-refractivity contribution < 1.29 is 9.90 Å². The quantitative estimate of drug-likeness (QED) is 0.807. The zero-order valence-corrected chi connectivity index (χ0v) is 14.1. The van der Waals surface area contributed by atoms with Crippen LogP contribution >= 0.6 is 0 Å². The van der Waals surface area contributed by atoms with Crippen molar-refractivity contribution in [2.24, 2.45) is 5.92 Å². The third kappa shape index (κ3) is 6.20. The fraction of sp³-hybridized carbons (Fsp3) is 0.611. The van der Waals surface area contributed by atoms with Gasteiger partial charge < -0.3 is 20.2 Å². The van der Waals surface area contributed by atoms with E-state index in [1.54, 1.807) is 4.90 Å². The van der Waals surface area contributed by atoms with E-state index in [9.17, 15) is 9.90 Å². The van der Waals surface area contributed by atoms with Crippen molar-refractivity contribution in [2.75, 3.05) is 39.8 Å². The summed E-state index contributed by atoms with van der Waals surface area (Å²) in [6.45, 7) is 3.89. The molecule has 0 saturated carbocycles. The first-order valence-electron chi connectivity index (χ1n) is 8.55. The van der Waals surface area contributed by atoms with Gasteiger partial charge >= 0.3 is 6.03 Å². The van der Waals surface area contributed by atoms with Crippen molar-refractivity contribution in [3.63, 3.8) is 0 Å². The molecule has 1 aliphatic rings. The molecule has 1 heterocycles. The number of urea groups is 1. The third-order valence-electron chi connectivity index (χ3n) is 4.54. The van der Waals surface area contributed by atoms with Gasteiger partial charge in [0.2, 0.25) is 0 Å². The Morgan fingerprint density at radius 1 is 1.30 bits per heavy atom. The Kier molecular flexibility index (Phi) is 7.36. The van der Waals surface area contributed by atoms with Gasteiger partial charge in [-0.1, -0.05) is 30.3 Å². The number of amides is 2. The van der Waals surface area contributed by atoms with Crippen molar-refractivity contribution >= 4 is 6.03 Å².